The molecule has 8 aliphatic carbocycles. The number of nitrogens with two attached hydrogens (primary N) is 2. The molecule has 8 aliphatic rings. The zero-order valence-corrected chi connectivity index (χ0v) is 46.7. The van der Waals surface area contributed by atoms with Crippen LogP contribution < -0.4 is 22.2 Å². The number of fused-ring (bicyclic) bond motifs is 10. The van der Waals surface area contributed by atoms with E-state index in [4.69, 9.17) is 25.4 Å². The highest BCUT2D eigenvalue weighted by atomic mass is 32.2. The first-order chi connectivity index (χ1) is 34.2. The summed E-state index contributed by atoms with van der Waals surface area (Å²) in [6.45, 7) is 14.5. The molecule has 0 spiro atoms. The molecule has 2 amide bonds. The van der Waals surface area contributed by atoms with Crippen LogP contribution in [0.5, 0.6) is 0 Å². The maximum Gasteiger partial charge on any atom is 0.266 e. The Morgan fingerprint density at radius 2 is 1.07 bits per heavy atom. The van der Waals surface area contributed by atoms with Gasteiger partial charge in [-0.1, -0.05) is 41.5 Å². The van der Waals surface area contributed by atoms with Crippen LogP contribution in [0.4, 0.5) is 0 Å². The highest BCUT2D eigenvalue weighted by Crippen LogP contribution is 2.70. The van der Waals surface area contributed by atoms with Gasteiger partial charge >= 0.3 is 0 Å². The second kappa shape index (κ2) is 22.0. The van der Waals surface area contributed by atoms with Crippen molar-refractivity contribution in [2.45, 2.75) is 194 Å². The van der Waals surface area contributed by atoms with E-state index >= 15 is 0 Å². The van der Waals surface area contributed by atoms with Crippen LogP contribution in [0.25, 0.3) is 0 Å². The third kappa shape index (κ3) is 11.9. The van der Waals surface area contributed by atoms with Gasteiger partial charge in [-0.3, -0.25) is 18.7 Å². The Labute approximate surface area is 438 Å². The molecule has 418 valence electrons. The first-order valence-electron chi connectivity index (χ1n) is 28.6. The van der Waals surface area contributed by atoms with Gasteiger partial charge in [0.1, 0.15) is 0 Å². The molecule has 20 atom stereocenters. The van der Waals surface area contributed by atoms with Crippen LogP contribution in [-0.4, -0.2) is 109 Å². The number of aliphatic hydroxyl groups excluding tert-OH is 2. The van der Waals surface area contributed by atoms with Gasteiger partial charge in [-0.05, 0) is 208 Å². The monoisotopic (exact) mass is 1070 g/mol. The summed E-state index contributed by atoms with van der Waals surface area (Å²) >= 11 is 0. The summed E-state index contributed by atoms with van der Waals surface area (Å²) in [5.74, 6) is 10.2. The summed E-state index contributed by atoms with van der Waals surface area (Å²) in [5, 5.41) is 31.2. The predicted octanol–water partition coefficient (Wildman–Crippen LogP) is 6.82. The standard InChI is InChI=1S/C55H95N5O11S2/c1-33(7-13-48(63)58-23-25-72(65,66)67)40-9-11-42-50-44(17-21-54(40,42)5)52(3)19-15-38(27-35(52)29-46(50)61)60(57)31-37(56)32-71-39-16-20-53(4)36(28-39)30-47(62)51-43-12-10-41(55(43,6)22-18-45(51)53)34(2)8-14-49(64)59-24-26-73(68,69)70/h31,33-36,38-47,50-51,61-62H,7-30,32,56-57H2,1-6H3,(H,58,63)(H,59,64)(H,65,66,67)(H,68,69,70)/b37-31-/t33-,34-,35?,36?,38?,39-,40-,41-,42+,43+,44+,45+,46+,47+,50+,51+,52+,53+,54-,55-/m1/s1. The Hall–Kier alpha value is -2.06. The van der Waals surface area contributed by atoms with E-state index < -0.39 is 31.7 Å². The lowest BCUT2D eigenvalue weighted by molar-refractivity contribution is -0.177. The van der Waals surface area contributed by atoms with Crippen molar-refractivity contribution in [3.63, 3.8) is 0 Å². The quantitative estimate of drug-likeness (QED) is 0.0375. The fourth-order valence-electron chi connectivity index (χ4n) is 19.2. The molecule has 0 bridgehead atoms. The maximum absolute atomic E-state index is 12.5. The van der Waals surface area contributed by atoms with Gasteiger partial charge in [0, 0.05) is 38.2 Å². The lowest BCUT2D eigenvalue weighted by atomic mass is 9.43. The largest absolute Gasteiger partial charge is 0.399 e. The Morgan fingerprint density at radius 3 is 1.53 bits per heavy atom. The lowest BCUT2D eigenvalue weighted by Gasteiger charge is -2.63. The minimum Gasteiger partial charge on any atom is -0.399 e. The summed E-state index contributed by atoms with van der Waals surface area (Å²) in [7, 11) is -8.23. The number of hydrazine groups is 1. The van der Waals surface area contributed by atoms with Crippen LogP contribution in [0.2, 0.25) is 0 Å². The number of aliphatic hydroxyl groups is 2. The highest BCUT2D eigenvalue weighted by Gasteiger charge is 2.65. The van der Waals surface area contributed by atoms with Crippen LogP contribution >= 0.6 is 0 Å². The normalized spacial score (nSPS) is 43.2. The number of nitrogens with one attached hydrogen (secondary N) is 2. The van der Waals surface area contributed by atoms with Crippen LogP contribution in [0.15, 0.2) is 11.9 Å². The molecule has 8 saturated carbocycles. The van der Waals surface area contributed by atoms with Crippen molar-refractivity contribution in [2.75, 3.05) is 31.2 Å². The Balaban J connectivity index is 0.795. The molecule has 73 heavy (non-hydrogen) atoms. The highest BCUT2D eigenvalue weighted by molar-refractivity contribution is 7.86. The molecule has 0 aromatic rings. The first kappa shape index (κ1) is 57.1. The van der Waals surface area contributed by atoms with E-state index in [1.54, 1.807) is 0 Å². The minimum atomic E-state index is -4.12. The van der Waals surface area contributed by atoms with Gasteiger partial charge in [0.15, 0.2) is 0 Å². The van der Waals surface area contributed by atoms with Crippen molar-refractivity contribution >= 4 is 32.1 Å². The van der Waals surface area contributed by atoms with Gasteiger partial charge in [-0.25, -0.2) is 5.84 Å². The summed E-state index contributed by atoms with van der Waals surface area (Å²) in [6, 6.07) is 0.123. The molecule has 8 rings (SSSR count). The number of carbonyl (C=O) groups excluding carboxylic acids is 2. The molecule has 3 unspecified atom stereocenters. The second-order valence-corrected chi connectivity index (χ2v) is 29.8. The molecule has 10 N–H and O–H groups in total. The van der Waals surface area contributed by atoms with Gasteiger partial charge in [0.05, 0.1) is 42.1 Å². The molecule has 16 nitrogen and oxygen atoms in total. The molecule has 0 radical (unpaired) electrons. The molecule has 8 fully saturated rings. The number of amides is 2. The van der Waals surface area contributed by atoms with E-state index in [0.29, 0.717) is 84.3 Å². The number of rotatable bonds is 19. The second-order valence-electron chi connectivity index (χ2n) is 26.6. The van der Waals surface area contributed by atoms with Gasteiger partial charge in [0.2, 0.25) is 11.8 Å². The topological polar surface area (TPSA) is 272 Å². The van der Waals surface area contributed by atoms with Crippen LogP contribution in [0.3, 0.4) is 0 Å². The molecular weight excluding hydrogens is 971 g/mol. The number of nitrogens with zero attached hydrogens (tertiary/aromatic N) is 1. The fraction of sp³-hybridized carbons (Fsp3) is 0.927. The summed E-state index contributed by atoms with van der Waals surface area (Å²) in [4.78, 5) is 25.1. The Bertz CT molecular complexity index is 2240. The van der Waals surface area contributed by atoms with Gasteiger partial charge in [-0.2, -0.15) is 16.8 Å². The van der Waals surface area contributed by atoms with Crippen LogP contribution in [0, 0.1) is 92.7 Å². The number of hydrogen-bond donors (Lipinski definition) is 8. The number of hydrogen-bond acceptors (Lipinski definition) is 12. The smallest absolute Gasteiger partial charge is 0.266 e. The van der Waals surface area contributed by atoms with Crippen LogP contribution in [-0.2, 0) is 34.6 Å². The number of ether oxygens (including phenoxy) is 1. The molecule has 0 aromatic carbocycles. The van der Waals surface area contributed by atoms with Crippen molar-refractivity contribution in [1.29, 1.82) is 0 Å². The molecule has 0 heterocycles. The van der Waals surface area contributed by atoms with E-state index in [2.05, 4.69) is 52.2 Å². The third-order valence-corrected chi connectivity index (χ3v) is 24.5. The van der Waals surface area contributed by atoms with Crippen molar-refractivity contribution in [3.8, 4) is 0 Å². The Kier molecular flexibility index (Phi) is 17.2. The SMILES string of the molecule is C[C@H](CCC(=O)NCCS(=O)(=O)O)[C@H]1CC[C@H]2[C@@H]3[C@@H](O)CC4CC(N(N)/C=C(\N)CO[C@@H]5CC[C@@]6(C)C(C5)C[C@H](O)[C@H]5[C@@H]7CC[C@H]([C@H](C)CCC(=O)NCCS(=O)(=O)O)[C@@]7(C)CC[C@@H]56)CC[C@]4(C)[C@H]3CC[C@]12C. The van der Waals surface area contributed by atoms with Crippen molar-refractivity contribution < 1.29 is 50.5 Å². The molecule has 18 heteroatoms. The zero-order valence-electron chi connectivity index (χ0n) is 45.1. The van der Waals surface area contributed by atoms with Gasteiger partial charge in [0.25, 0.3) is 20.2 Å². The molecular formula is C55H95N5O11S2. The van der Waals surface area contributed by atoms with Gasteiger partial charge < -0.3 is 36.3 Å². The van der Waals surface area contributed by atoms with E-state index in [1.807, 2.05) is 11.2 Å². The molecule has 0 aliphatic heterocycles. The van der Waals surface area contributed by atoms with Crippen molar-refractivity contribution in [3.05, 3.63) is 11.9 Å². The molecule has 0 aromatic heterocycles. The minimum absolute atomic E-state index is 0.0674. The first-order valence-corrected chi connectivity index (χ1v) is 31.8. The predicted molar refractivity (Wildman–Crippen MR) is 281 cm³/mol. The average Bonchev–Trinajstić information content (AvgIpc) is 3.85. The third-order valence-electron chi connectivity index (χ3n) is 23.1. The van der Waals surface area contributed by atoms with Crippen LogP contribution in [0.1, 0.15) is 170 Å². The summed E-state index contributed by atoms with van der Waals surface area (Å²) < 4.78 is 68.9. The summed E-state index contributed by atoms with van der Waals surface area (Å²) in [5.41, 5.74) is 7.79. The van der Waals surface area contributed by atoms with Gasteiger partial charge in [-0.15, -0.1) is 0 Å². The summed E-state index contributed by atoms with van der Waals surface area (Å²) in [6.07, 6.45) is 19.7. The zero-order chi connectivity index (χ0) is 53.1. The van der Waals surface area contributed by atoms with Crippen molar-refractivity contribution in [2.24, 2.45) is 104 Å². The fourth-order valence-corrected chi connectivity index (χ4v) is 20.0. The maximum atomic E-state index is 12.5. The van der Waals surface area contributed by atoms with E-state index in [9.17, 15) is 36.6 Å². The Morgan fingerprint density at radius 1 is 0.644 bits per heavy atom. The van der Waals surface area contributed by atoms with Crippen molar-refractivity contribution in [1.82, 2.24) is 15.6 Å². The lowest BCUT2D eigenvalue weighted by Crippen LogP contribution is -2.59. The van der Waals surface area contributed by atoms with E-state index in [0.717, 1.165) is 116 Å². The van der Waals surface area contributed by atoms with E-state index in [1.165, 1.54) is 0 Å². The number of carbonyl (C=O) groups is 2. The molecule has 0 saturated heterocycles. The van der Waals surface area contributed by atoms with E-state index in [-0.39, 0.29) is 82.8 Å². The average molecular weight is 1070 g/mol.